The van der Waals surface area contributed by atoms with Gasteiger partial charge in [0, 0.05) is 11.4 Å². The summed E-state index contributed by atoms with van der Waals surface area (Å²) in [6, 6.07) is 6.84. The van der Waals surface area contributed by atoms with E-state index in [2.05, 4.69) is 9.44 Å². The zero-order chi connectivity index (χ0) is 26.5. The van der Waals surface area contributed by atoms with Gasteiger partial charge in [0.2, 0.25) is 20.0 Å². The van der Waals surface area contributed by atoms with Gasteiger partial charge in [-0.05, 0) is 73.9 Å². The Hall–Kier alpha value is -0.240. The Bertz CT molecular complexity index is 1510. The van der Waals surface area contributed by atoms with Crippen LogP contribution in [0.25, 0.3) is 0 Å². The molecule has 0 bridgehead atoms. The van der Waals surface area contributed by atoms with Crippen molar-refractivity contribution in [1.29, 1.82) is 0 Å². The maximum absolute atomic E-state index is 12.1. The summed E-state index contributed by atoms with van der Waals surface area (Å²) in [6.07, 6.45) is 1.56. The largest absolute Gasteiger partial charge is 1.00 e. The Morgan fingerprint density at radius 2 is 0.921 bits per heavy atom. The van der Waals surface area contributed by atoms with Gasteiger partial charge in [-0.2, -0.15) is 0 Å². The van der Waals surface area contributed by atoms with Gasteiger partial charge < -0.3 is 9.11 Å². The number of rotatable bonds is 11. The summed E-state index contributed by atoms with van der Waals surface area (Å²) < 4.78 is 124. The fraction of sp³-hybridized carbons (Fsp3) is 0.400. The second-order valence-corrected chi connectivity index (χ2v) is 15.4. The van der Waals surface area contributed by atoms with E-state index in [4.69, 9.17) is 0 Å². The summed E-state index contributed by atoms with van der Waals surface area (Å²) in [5, 5.41) is -1.15. The number of hydrogen-bond acceptors (Lipinski definition) is 10. The Morgan fingerprint density at radius 1 is 0.605 bits per heavy atom. The molecule has 2 aliphatic carbocycles. The third kappa shape index (κ3) is 8.63. The van der Waals surface area contributed by atoms with E-state index in [1.54, 1.807) is 0 Å². The van der Waals surface area contributed by atoms with Gasteiger partial charge in [0.05, 0.1) is 20.3 Å². The van der Waals surface area contributed by atoms with Crippen molar-refractivity contribution in [2.75, 3.05) is 9.44 Å². The van der Waals surface area contributed by atoms with Crippen LogP contribution in [0.1, 0.15) is 36.8 Å². The predicted octanol–water partition coefficient (Wildman–Crippen LogP) is -4.90. The molecule has 0 radical (unpaired) electrons. The van der Waals surface area contributed by atoms with Crippen molar-refractivity contribution in [3.63, 3.8) is 0 Å². The van der Waals surface area contributed by atoms with Gasteiger partial charge >= 0.3 is 59.1 Å². The predicted molar refractivity (Wildman–Crippen MR) is 127 cm³/mol. The van der Waals surface area contributed by atoms with Gasteiger partial charge in [-0.25, -0.2) is 33.7 Å². The normalized spacial score (nSPS) is 16.2. The second-order valence-electron chi connectivity index (χ2n) is 8.75. The number of aryl methyl sites for hydroxylation is 2. The van der Waals surface area contributed by atoms with Crippen LogP contribution in [0.2, 0.25) is 0 Å². The number of nitrogens with one attached hydrogen (secondary N) is 2. The topological polar surface area (TPSA) is 207 Å². The molecule has 4 rings (SSSR count). The van der Waals surface area contributed by atoms with Gasteiger partial charge in [-0.3, -0.25) is 9.44 Å². The third-order valence-corrected chi connectivity index (χ3v) is 11.4. The molecule has 2 aliphatic rings. The van der Waals surface area contributed by atoms with Crippen LogP contribution >= 0.6 is 0 Å². The van der Waals surface area contributed by atoms with E-state index in [0.29, 0.717) is 25.7 Å². The van der Waals surface area contributed by atoms with Gasteiger partial charge in [-0.1, -0.05) is 12.1 Å². The van der Waals surface area contributed by atoms with Gasteiger partial charge in [0.1, 0.15) is 20.2 Å². The number of benzene rings is 2. The van der Waals surface area contributed by atoms with Gasteiger partial charge in [0.15, 0.2) is 0 Å². The average molecular weight is 625 g/mol. The van der Waals surface area contributed by atoms with Crippen LogP contribution in [0.5, 0.6) is 0 Å². The van der Waals surface area contributed by atoms with Crippen molar-refractivity contribution in [2.24, 2.45) is 0 Å². The molecule has 2 saturated carbocycles. The van der Waals surface area contributed by atoms with E-state index in [1.807, 2.05) is 0 Å². The summed E-state index contributed by atoms with van der Waals surface area (Å²) in [5.41, 5.74) is -0.218. The van der Waals surface area contributed by atoms with Gasteiger partial charge in [0.25, 0.3) is 0 Å². The number of anilines is 2. The molecule has 2 aromatic rings. The van der Waals surface area contributed by atoms with Crippen LogP contribution < -0.4 is 68.6 Å². The summed E-state index contributed by atoms with van der Waals surface area (Å²) in [4.78, 5) is -1.36. The van der Waals surface area contributed by atoms with E-state index >= 15 is 0 Å². The van der Waals surface area contributed by atoms with Crippen LogP contribution in [0, 0.1) is 0 Å². The van der Waals surface area contributed by atoms with Crippen molar-refractivity contribution in [3.05, 3.63) is 47.5 Å². The molecule has 12 nitrogen and oxygen atoms in total. The smallest absolute Gasteiger partial charge is 0.744 e. The Labute approximate surface area is 266 Å². The minimum absolute atomic E-state index is 0. The van der Waals surface area contributed by atoms with Crippen LogP contribution in [-0.4, -0.2) is 53.3 Å². The molecular formula is C20H22N2Na2O10S4. The van der Waals surface area contributed by atoms with E-state index in [-0.39, 0.29) is 94.5 Å². The van der Waals surface area contributed by atoms with Crippen molar-refractivity contribution in [2.45, 2.75) is 58.8 Å². The summed E-state index contributed by atoms with van der Waals surface area (Å²) in [7, 11) is -17.5. The Balaban J connectivity index is 0.00000253. The minimum Gasteiger partial charge on any atom is -0.744 e. The van der Waals surface area contributed by atoms with E-state index in [1.165, 1.54) is 24.3 Å². The van der Waals surface area contributed by atoms with Crippen LogP contribution in [0.4, 0.5) is 11.4 Å². The molecule has 0 atom stereocenters. The molecular weight excluding hydrogens is 602 g/mol. The summed E-state index contributed by atoms with van der Waals surface area (Å²) >= 11 is 0. The first-order valence-corrected chi connectivity index (χ1v) is 16.7. The molecule has 2 fully saturated rings. The maximum atomic E-state index is 12.1. The third-order valence-electron chi connectivity index (χ3n) is 5.78. The molecule has 0 spiro atoms. The monoisotopic (exact) mass is 624 g/mol. The summed E-state index contributed by atoms with van der Waals surface area (Å²) in [6.45, 7) is 0. The Morgan fingerprint density at radius 3 is 1.18 bits per heavy atom. The standard InChI is InChI=1S/C20H24N2O10S4.2Na/c23-33(24,17-7-8-17)21-15-5-3-13(19(11-15)35(27,28)29)1-2-14-4-6-16(12-20(14)36(30,31)32)22-34(25,26)18-9-10-18;;/h3-6,11-12,17-18,21-22H,1-2,7-10H2,(H,27,28,29)(H,30,31,32);;/q;2*+1/p-2. The fourth-order valence-corrected chi connectivity index (χ4v) is 7.92. The van der Waals surface area contributed by atoms with Crippen molar-refractivity contribution < 1.29 is 102 Å². The van der Waals surface area contributed by atoms with Gasteiger partial charge in [-0.15, -0.1) is 0 Å². The van der Waals surface area contributed by atoms with E-state index in [0.717, 1.165) is 12.1 Å². The first-order chi connectivity index (χ1) is 16.6. The molecule has 0 aromatic heterocycles. The Kier molecular flexibility index (Phi) is 11.0. The molecule has 0 amide bonds. The van der Waals surface area contributed by atoms with Crippen molar-refractivity contribution in [3.8, 4) is 0 Å². The van der Waals surface area contributed by atoms with Crippen LogP contribution in [-0.2, 0) is 53.1 Å². The van der Waals surface area contributed by atoms with E-state index < -0.39 is 60.6 Å². The SMILES string of the molecule is O=S(=O)([O-])c1cc(NS(=O)(=O)C2CC2)ccc1CCc1ccc(NS(=O)(=O)C2CC2)cc1S(=O)(=O)[O-].[Na+].[Na+]. The average Bonchev–Trinajstić information content (AvgIpc) is 3.62. The van der Waals surface area contributed by atoms with Crippen molar-refractivity contribution >= 4 is 51.7 Å². The second kappa shape index (κ2) is 12.3. The van der Waals surface area contributed by atoms with Crippen molar-refractivity contribution in [1.82, 2.24) is 0 Å². The quantitative estimate of drug-likeness (QED) is 0.180. The molecule has 38 heavy (non-hydrogen) atoms. The first-order valence-electron chi connectivity index (χ1n) is 10.8. The molecule has 2 N–H and O–H groups in total. The molecule has 0 saturated heterocycles. The molecule has 0 unspecified atom stereocenters. The molecule has 0 aliphatic heterocycles. The van der Waals surface area contributed by atoms with Crippen LogP contribution in [0.15, 0.2) is 46.2 Å². The molecule has 2 aromatic carbocycles. The molecule has 0 heterocycles. The first kappa shape index (κ1) is 34.0. The fourth-order valence-electron chi connectivity index (χ4n) is 3.64. The molecule has 198 valence electrons. The zero-order valence-corrected chi connectivity index (χ0v) is 27.8. The summed E-state index contributed by atoms with van der Waals surface area (Å²) in [5.74, 6) is 0. The maximum Gasteiger partial charge on any atom is 1.00 e. The minimum atomic E-state index is -5.03. The molecule has 18 heteroatoms. The van der Waals surface area contributed by atoms with E-state index in [9.17, 15) is 42.8 Å². The van der Waals surface area contributed by atoms with Crippen LogP contribution in [0.3, 0.4) is 0 Å². The zero-order valence-electron chi connectivity index (χ0n) is 20.6. The number of sulfonamides is 2. The number of hydrogen-bond donors (Lipinski definition) is 2.